The van der Waals surface area contributed by atoms with Gasteiger partial charge in [-0.3, -0.25) is 14.5 Å². The van der Waals surface area contributed by atoms with E-state index in [9.17, 15) is 14.0 Å². The quantitative estimate of drug-likeness (QED) is 0.819. The molecule has 0 spiro atoms. The first-order valence-electron chi connectivity index (χ1n) is 9.55. The fourth-order valence-electron chi connectivity index (χ4n) is 3.89. The van der Waals surface area contributed by atoms with Gasteiger partial charge in [0.05, 0.1) is 11.7 Å². The lowest BCUT2D eigenvalue weighted by molar-refractivity contribution is -0.126. The van der Waals surface area contributed by atoms with Crippen molar-refractivity contribution in [1.82, 2.24) is 10.2 Å². The number of piperazine rings is 1. The number of rotatable bonds is 5. The van der Waals surface area contributed by atoms with Crippen molar-refractivity contribution in [3.05, 3.63) is 29.6 Å². The van der Waals surface area contributed by atoms with Crippen LogP contribution in [-0.4, -0.2) is 54.9 Å². The molecule has 1 atom stereocenters. The van der Waals surface area contributed by atoms with Crippen LogP contribution in [-0.2, 0) is 4.79 Å². The third kappa shape index (κ3) is 4.23. The predicted octanol–water partition coefficient (Wildman–Crippen LogP) is 2.60. The summed E-state index contributed by atoms with van der Waals surface area (Å²) in [6.07, 6.45) is 4.57. The first kappa shape index (κ1) is 18.8. The molecule has 6 heteroatoms. The van der Waals surface area contributed by atoms with Crippen LogP contribution in [0.5, 0.6) is 0 Å². The van der Waals surface area contributed by atoms with Crippen LogP contribution in [0.2, 0.25) is 0 Å². The summed E-state index contributed by atoms with van der Waals surface area (Å²) < 4.78 is 14.3. The second kappa shape index (κ2) is 8.16. The van der Waals surface area contributed by atoms with Gasteiger partial charge < -0.3 is 10.2 Å². The number of nitrogens with zero attached hydrogens (tertiary/aromatic N) is 2. The SMILES string of the molecule is CC(=O)c1ccc(N2CCN([C@H](C)C(=O)NC3CCCC3)CC2)c(F)c1. The maximum atomic E-state index is 14.3. The predicted molar refractivity (Wildman–Crippen MR) is 100 cm³/mol. The molecule has 1 heterocycles. The molecule has 3 rings (SSSR count). The maximum Gasteiger partial charge on any atom is 0.237 e. The van der Waals surface area contributed by atoms with Crippen LogP contribution in [0.25, 0.3) is 0 Å². The Bertz CT molecular complexity index is 665. The zero-order chi connectivity index (χ0) is 18.7. The van der Waals surface area contributed by atoms with Gasteiger partial charge in [0.1, 0.15) is 5.82 Å². The number of anilines is 1. The molecule has 0 radical (unpaired) electrons. The molecule has 0 aromatic heterocycles. The fourth-order valence-corrected chi connectivity index (χ4v) is 3.89. The average Bonchev–Trinajstić information content (AvgIpc) is 3.14. The van der Waals surface area contributed by atoms with Crippen molar-refractivity contribution in [2.24, 2.45) is 0 Å². The average molecular weight is 361 g/mol. The summed E-state index contributed by atoms with van der Waals surface area (Å²) in [5, 5.41) is 3.16. The van der Waals surface area contributed by atoms with Crippen molar-refractivity contribution in [1.29, 1.82) is 0 Å². The van der Waals surface area contributed by atoms with Gasteiger partial charge in [0.15, 0.2) is 5.78 Å². The first-order valence-corrected chi connectivity index (χ1v) is 9.55. The Morgan fingerprint density at radius 3 is 2.38 bits per heavy atom. The van der Waals surface area contributed by atoms with Crippen LogP contribution >= 0.6 is 0 Å². The van der Waals surface area contributed by atoms with Crippen LogP contribution in [0.1, 0.15) is 49.9 Å². The summed E-state index contributed by atoms with van der Waals surface area (Å²) in [6.45, 7) is 6.14. The Morgan fingerprint density at radius 1 is 1.15 bits per heavy atom. The number of ketones is 1. The molecule has 5 nitrogen and oxygen atoms in total. The number of hydrogen-bond donors (Lipinski definition) is 1. The van der Waals surface area contributed by atoms with E-state index < -0.39 is 0 Å². The van der Waals surface area contributed by atoms with Gasteiger partial charge in [-0.15, -0.1) is 0 Å². The lowest BCUT2D eigenvalue weighted by atomic mass is 10.1. The summed E-state index contributed by atoms with van der Waals surface area (Å²) in [4.78, 5) is 28.0. The zero-order valence-electron chi connectivity index (χ0n) is 15.6. The molecule has 1 amide bonds. The smallest absolute Gasteiger partial charge is 0.237 e. The van der Waals surface area contributed by atoms with Gasteiger partial charge in [-0.05, 0) is 44.9 Å². The second-order valence-corrected chi connectivity index (χ2v) is 7.41. The molecule has 26 heavy (non-hydrogen) atoms. The van der Waals surface area contributed by atoms with E-state index in [2.05, 4.69) is 10.2 Å². The molecule has 1 aromatic rings. The number of nitrogens with one attached hydrogen (secondary N) is 1. The summed E-state index contributed by atoms with van der Waals surface area (Å²) in [7, 11) is 0. The number of benzene rings is 1. The zero-order valence-corrected chi connectivity index (χ0v) is 15.6. The molecule has 1 aliphatic carbocycles. The highest BCUT2D eigenvalue weighted by atomic mass is 19.1. The van der Waals surface area contributed by atoms with Crippen LogP contribution in [0.15, 0.2) is 18.2 Å². The highest BCUT2D eigenvalue weighted by molar-refractivity contribution is 5.94. The molecular formula is C20H28FN3O2. The Balaban J connectivity index is 1.55. The largest absolute Gasteiger partial charge is 0.367 e. The molecule has 1 N–H and O–H groups in total. The first-order chi connectivity index (χ1) is 12.5. The molecule has 1 saturated carbocycles. The summed E-state index contributed by atoms with van der Waals surface area (Å²) in [5.41, 5.74) is 0.916. The number of halogens is 1. The molecule has 1 saturated heterocycles. The lowest BCUT2D eigenvalue weighted by Crippen LogP contribution is -2.55. The number of carbonyl (C=O) groups excluding carboxylic acids is 2. The summed E-state index contributed by atoms with van der Waals surface area (Å²) in [5.74, 6) is -0.400. The number of amides is 1. The van der Waals surface area contributed by atoms with E-state index in [4.69, 9.17) is 0 Å². The van der Waals surface area contributed by atoms with E-state index in [0.717, 1.165) is 12.8 Å². The molecule has 0 bridgehead atoms. The third-order valence-electron chi connectivity index (χ3n) is 5.64. The van der Waals surface area contributed by atoms with Crippen molar-refractivity contribution in [2.75, 3.05) is 31.1 Å². The number of hydrogen-bond acceptors (Lipinski definition) is 4. The fraction of sp³-hybridized carbons (Fsp3) is 0.600. The van der Waals surface area contributed by atoms with Gasteiger partial charge >= 0.3 is 0 Å². The molecule has 1 aromatic carbocycles. The van der Waals surface area contributed by atoms with Crippen LogP contribution in [0.3, 0.4) is 0 Å². The van der Waals surface area contributed by atoms with Crippen LogP contribution in [0.4, 0.5) is 10.1 Å². The Labute approximate surface area is 154 Å². The van der Waals surface area contributed by atoms with Gasteiger partial charge in [-0.2, -0.15) is 0 Å². The van der Waals surface area contributed by atoms with Crippen molar-refractivity contribution < 1.29 is 14.0 Å². The van der Waals surface area contributed by atoms with E-state index >= 15 is 0 Å². The maximum absolute atomic E-state index is 14.3. The number of Topliss-reactive ketones (excluding diaryl/α,β-unsaturated/α-hetero) is 1. The van der Waals surface area contributed by atoms with Crippen molar-refractivity contribution >= 4 is 17.4 Å². The van der Waals surface area contributed by atoms with Gasteiger partial charge in [0.2, 0.25) is 5.91 Å². The van der Waals surface area contributed by atoms with E-state index in [1.165, 1.54) is 25.8 Å². The van der Waals surface area contributed by atoms with Crippen molar-refractivity contribution in [2.45, 2.75) is 51.6 Å². The number of carbonyl (C=O) groups is 2. The van der Waals surface area contributed by atoms with Gasteiger partial charge in [0.25, 0.3) is 0 Å². The highest BCUT2D eigenvalue weighted by Gasteiger charge is 2.28. The Morgan fingerprint density at radius 2 is 1.81 bits per heavy atom. The van der Waals surface area contributed by atoms with Crippen LogP contribution in [0, 0.1) is 5.82 Å². The van der Waals surface area contributed by atoms with Gasteiger partial charge in [-0.25, -0.2) is 4.39 Å². The minimum Gasteiger partial charge on any atom is -0.367 e. The molecular weight excluding hydrogens is 333 g/mol. The second-order valence-electron chi connectivity index (χ2n) is 7.41. The molecule has 2 aliphatic rings. The summed E-state index contributed by atoms with van der Waals surface area (Å²) in [6, 6.07) is 4.83. The van der Waals surface area contributed by atoms with Gasteiger partial charge in [0, 0.05) is 37.8 Å². The third-order valence-corrected chi connectivity index (χ3v) is 5.64. The molecule has 2 fully saturated rings. The molecule has 142 valence electrons. The lowest BCUT2D eigenvalue weighted by Gasteiger charge is -2.38. The highest BCUT2D eigenvalue weighted by Crippen LogP contribution is 2.23. The van der Waals surface area contributed by atoms with E-state index in [1.54, 1.807) is 12.1 Å². The Kier molecular flexibility index (Phi) is 5.91. The van der Waals surface area contributed by atoms with E-state index in [0.29, 0.717) is 43.5 Å². The molecule has 1 aliphatic heterocycles. The van der Waals surface area contributed by atoms with E-state index in [-0.39, 0.29) is 23.5 Å². The minimum atomic E-state index is -0.363. The Hall–Kier alpha value is -1.95. The standard InChI is InChI=1S/C20H28FN3O2/c1-14(20(26)22-17-5-3-4-6-17)23-9-11-24(12-10-23)19-8-7-16(15(2)25)13-18(19)21/h7-8,13-14,17H,3-6,9-12H2,1-2H3,(H,22,26)/t14-/m1/s1. The van der Waals surface area contributed by atoms with E-state index in [1.807, 2.05) is 11.8 Å². The molecule has 0 unspecified atom stereocenters. The normalized spacial score (nSPS) is 20.2. The van der Waals surface area contributed by atoms with Crippen molar-refractivity contribution in [3.63, 3.8) is 0 Å². The van der Waals surface area contributed by atoms with Crippen molar-refractivity contribution in [3.8, 4) is 0 Å². The minimum absolute atomic E-state index is 0.0994. The summed E-state index contributed by atoms with van der Waals surface area (Å²) >= 11 is 0. The van der Waals surface area contributed by atoms with Gasteiger partial charge in [-0.1, -0.05) is 12.8 Å². The van der Waals surface area contributed by atoms with Crippen LogP contribution < -0.4 is 10.2 Å². The topological polar surface area (TPSA) is 52.7 Å². The monoisotopic (exact) mass is 361 g/mol.